The number of nitrogens with zero attached hydrogens (tertiary/aromatic N) is 1. The lowest BCUT2D eigenvalue weighted by atomic mass is 10.3. The fraction of sp³-hybridized carbons (Fsp3) is 1.00. The van der Waals surface area contributed by atoms with Crippen molar-refractivity contribution in [2.24, 2.45) is 0 Å². The zero-order valence-electron chi connectivity index (χ0n) is 7.32. The molecule has 0 aromatic carbocycles. The standard InChI is InChI=1S/C7H14ClN.ClH/c1-7(6-8)9-4-2-3-5-9;/h7H,2-6H2,1H3;1H. The molecule has 1 unspecified atom stereocenters. The van der Waals surface area contributed by atoms with Crippen molar-refractivity contribution in [1.29, 1.82) is 0 Å². The lowest BCUT2D eigenvalue weighted by Crippen LogP contribution is -3.00. The van der Waals surface area contributed by atoms with E-state index < -0.39 is 0 Å². The van der Waals surface area contributed by atoms with Gasteiger partial charge in [0, 0.05) is 11.9 Å². The summed E-state index contributed by atoms with van der Waals surface area (Å²) in [6, 6.07) is 0.592. The molecule has 1 atom stereocenters. The second kappa shape index (κ2) is 5.22. The summed E-state index contributed by atoms with van der Waals surface area (Å²) < 4.78 is 0. The van der Waals surface area contributed by atoms with Gasteiger partial charge in [0.1, 0.15) is 0 Å². The Morgan fingerprint density at radius 2 is 2.00 bits per heavy atom. The molecular formula is C7H15Cl2N. The first-order valence-electron chi connectivity index (χ1n) is 3.64. The topological polar surface area (TPSA) is 3.24 Å². The van der Waals surface area contributed by atoms with Crippen molar-refractivity contribution < 1.29 is 13.8 Å². The van der Waals surface area contributed by atoms with Crippen LogP contribution in [0.15, 0.2) is 0 Å². The monoisotopic (exact) mass is 183 g/mol. The Morgan fingerprint density at radius 3 is 2.40 bits per heavy atom. The van der Waals surface area contributed by atoms with Crippen molar-refractivity contribution in [2.45, 2.75) is 25.8 Å². The van der Waals surface area contributed by atoms with Gasteiger partial charge < -0.3 is 12.4 Å². The maximum atomic E-state index is 5.69. The summed E-state index contributed by atoms with van der Waals surface area (Å²) in [7, 11) is 0. The van der Waals surface area contributed by atoms with Gasteiger partial charge in [-0.15, -0.1) is 11.6 Å². The molecule has 0 aromatic rings. The molecule has 0 amide bonds. The van der Waals surface area contributed by atoms with Crippen LogP contribution in [0.5, 0.6) is 0 Å². The van der Waals surface area contributed by atoms with Gasteiger partial charge in [-0.25, -0.2) is 0 Å². The minimum atomic E-state index is 0. The molecule has 1 aliphatic heterocycles. The van der Waals surface area contributed by atoms with Crippen molar-refractivity contribution in [3.8, 4) is 0 Å². The molecule has 0 radical (unpaired) electrons. The Balaban J connectivity index is 0. The lowest BCUT2D eigenvalue weighted by molar-refractivity contribution is -0.00000201. The maximum absolute atomic E-state index is 5.69. The van der Waals surface area contributed by atoms with Crippen LogP contribution in [0.3, 0.4) is 0 Å². The second-order valence-corrected chi connectivity index (χ2v) is 3.06. The Labute approximate surface area is 75.6 Å². The summed E-state index contributed by atoms with van der Waals surface area (Å²) in [6.45, 7) is 4.71. The van der Waals surface area contributed by atoms with E-state index in [0.29, 0.717) is 6.04 Å². The quantitative estimate of drug-likeness (QED) is 0.488. The number of hydrogen-bond acceptors (Lipinski definition) is 1. The molecule has 0 bridgehead atoms. The van der Waals surface area contributed by atoms with E-state index in [1.807, 2.05) is 0 Å². The van der Waals surface area contributed by atoms with Gasteiger partial charge in [0.05, 0.1) is 0 Å². The third-order valence-corrected chi connectivity index (χ3v) is 2.43. The van der Waals surface area contributed by atoms with Gasteiger partial charge in [-0.3, -0.25) is 4.90 Å². The minimum absolute atomic E-state index is 0. The summed E-state index contributed by atoms with van der Waals surface area (Å²) in [4.78, 5) is 2.45. The zero-order valence-corrected chi connectivity index (χ0v) is 7.83. The third kappa shape index (κ3) is 2.65. The third-order valence-electron chi connectivity index (χ3n) is 1.99. The molecule has 0 N–H and O–H groups in total. The minimum Gasteiger partial charge on any atom is -1.00 e. The van der Waals surface area contributed by atoms with Crippen LogP contribution in [-0.2, 0) is 0 Å². The number of halogens is 2. The highest BCUT2D eigenvalue weighted by molar-refractivity contribution is 6.18. The first-order chi connectivity index (χ1) is 4.34. The Bertz CT molecular complexity index is 86.5. The Morgan fingerprint density at radius 1 is 1.50 bits per heavy atom. The molecule has 1 aliphatic rings. The van der Waals surface area contributed by atoms with Crippen molar-refractivity contribution >= 4 is 11.6 Å². The molecule has 62 valence electrons. The van der Waals surface area contributed by atoms with E-state index in [2.05, 4.69) is 11.8 Å². The van der Waals surface area contributed by atoms with Crippen LogP contribution in [0, 0.1) is 0 Å². The van der Waals surface area contributed by atoms with E-state index in [1.54, 1.807) is 0 Å². The number of likely N-dealkylation sites (tertiary alicyclic amines) is 1. The molecule has 1 saturated heterocycles. The van der Waals surface area contributed by atoms with Crippen LogP contribution in [0.4, 0.5) is 0 Å². The average Bonchev–Trinajstić information content (AvgIpc) is 2.37. The van der Waals surface area contributed by atoms with E-state index in [9.17, 15) is 0 Å². The highest BCUT2D eigenvalue weighted by Crippen LogP contribution is 2.11. The molecule has 10 heavy (non-hydrogen) atoms. The van der Waals surface area contributed by atoms with Gasteiger partial charge in [-0.1, -0.05) is 0 Å². The van der Waals surface area contributed by atoms with Crippen molar-refractivity contribution in [3.63, 3.8) is 0 Å². The van der Waals surface area contributed by atoms with Crippen LogP contribution >= 0.6 is 11.6 Å². The fourth-order valence-corrected chi connectivity index (χ4v) is 1.48. The first kappa shape index (κ1) is 10.5. The summed E-state index contributed by atoms with van der Waals surface area (Å²) in [5.74, 6) is 0.778. The molecular weight excluding hydrogens is 169 g/mol. The summed E-state index contributed by atoms with van der Waals surface area (Å²) in [5, 5.41) is 0. The summed E-state index contributed by atoms with van der Waals surface area (Å²) in [6.07, 6.45) is 2.72. The molecule has 0 saturated carbocycles. The number of rotatable bonds is 2. The van der Waals surface area contributed by atoms with Crippen LogP contribution < -0.4 is 12.4 Å². The van der Waals surface area contributed by atoms with E-state index in [1.165, 1.54) is 25.9 Å². The Kier molecular flexibility index (Phi) is 5.51. The van der Waals surface area contributed by atoms with Gasteiger partial charge in [-0.2, -0.15) is 0 Å². The molecule has 1 rings (SSSR count). The second-order valence-electron chi connectivity index (χ2n) is 2.75. The molecule has 1 fully saturated rings. The zero-order chi connectivity index (χ0) is 6.69. The molecule has 0 aromatic heterocycles. The summed E-state index contributed by atoms with van der Waals surface area (Å²) in [5.41, 5.74) is 0. The van der Waals surface area contributed by atoms with E-state index >= 15 is 0 Å². The molecule has 0 aliphatic carbocycles. The maximum Gasteiger partial charge on any atom is 1.00 e. The molecule has 1 nitrogen and oxygen atoms in total. The normalized spacial score (nSPS) is 22.2. The van der Waals surface area contributed by atoms with Gasteiger partial charge in [0.2, 0.25) is 0 Å². The van der Waals surface area contributed by atoms with Crippen LogP contribution in [0.25, 0.3) is 0 Å². The number of hydrogen-bond donors (Lipinski definition) is 0. The highest BCUT2D eigenvalue weighted by Gasteiger charge is 2.16. The van der Waals surface area contributed by atoms with Gasteiger partial charge in [0.15, 0.2) is 0 Å². The van der Waals surface area contributed by atoms with Crippen molar-refractivity contribution in [2.75, 3.05) is 19.0 Å². The highest BCUT2D eigenvalue weighted by atomic mass is 35.5. The largest absolute Gasteiger partial charge is 1.00 e. The summed E-state index contributed by atoms with van der Waals surface area (Å²) >= 11 is 5.69. The Hall–Kier alpha value is 0.540. The van der Waals surface area contributed by atoms with Crippen LogP contribution in [0.2, 0.25) is 0 Å². The number of alkyl halides is 1. The van der Waals surface area contributed by atoms with E-state index in [0.717, 1.165) is 5.88 Å². The molecule has 0 spiro atoms. The van der Waals surface area contributed by atoms with Crippen molar-refractivity contribution in [3.05, 3.63) is 0 Å². The van der Waals surface area contributed by atoms with Crippen LogP contribution in [0.1, 0.15) is 21.2 Å². The van der Waals surface area contributed by atoms with E-state index in [4.69, 9.17) is 11.6 Å². The molecule has 3 heteroatoms. The van der Waals surface area contributed by atoms with Gasteiger partial charge >= 0.3 is 1.43 Å². The predicted octanol–water partition coefficient (Wildman–Crippen LogP) is -1.17. The van der Waals surface area contributed by atoms with Gasteiger partial charge in [0.25, 0.3) is 0 Å². The fourth-order valence-electron chi connectivity index (χ4n) is 1.28. The van der Waals surface area contributed by atoms with Crippen molar-refractivity contribution in [1.82, 2.24) is 4.90 Å². The predicted molar refractivity (Wildman–Crippen MR) is 42.1 cm³/mol. The smallest absolute Gasteiger partial charge is 1.00 e. The van der Waals surface area contributed by atoms with E-state index in [-0.39, 0.29) is 13.8 Å². The van der Waals surface area contributed by atoms with Crippen LogP contribution in [-0.4, -0.2) is 29.9 Å². The van der Waals surface area contributed by atoms with Gasteiger partial charge in [-0.05, 0) is 32.9 Å². The average molecular weight is 184 g/mol. The first-order valence-corrected chi connectivity index (χ1v) is 4.18. The SMILES string of the molecule is CC(CCl)N1CCCC1.[Cl-].[H+]. The lowest BCUT2D eigenvalue weighted by Gasteiger charge is -2.20. The molecule has 1 heterocycles.